The predicted octanol–water partition coefficient (Wildman–Crippen LogP) is -1.74. The second kappa shape index (κ2) is 2.26. The summed E-state index contributed by atoms with van der Waals surface area (Å²) in [6.07, 6.45) is 0.971. The van der Waals surface area contributed by atoms with Crippen LogP contribution in [0.3, 0.4) is 0 Å². The average Bonchev–Trinajstić information content (AvgIpc) is 1.88. The standard InChI is InChI=1S/C4H4N4O2/c5-2(9)3-6-1-7-4(10)8-3/h1H,(H2,5,9)(H,6,7,8,10). The van der Waals surface area contributed by atoms with Gasteiger partial charge in [-0.1, -0.05) is 0 Å². The second-order valence-corrected chi connectivity index (χ2v) is 1.52. The van der Waals surface area contributed by atoms with Crippen molar-refractivity contribution in [3.05, 3.63) is 22.6 Å². The Hall–Kier alpha value is -1.72. The SMILES string of the molecule is NC(=O)c1ncnc(=O)[nH]1. The summed E-state index contributed by atoms with van der Waals surface area (Å²) in [5.41, 5.74) is 4.15. The first kappa shape index (κ1) is 6.40. The van der Waals surface area contributed by atoms with Crippen LogP contribution in [0, 0.1) is 0 Å². The van der Waals surface area contributed by atoms with Crippen molar-refractivity contribution in [1.82, 2.24) is 15.0 Å². The molecule has 0 aliphatic heterocycles. The number of nitrogens with one attached hydrogen (secondary N) is 1. The van der Waals surface area contributed by atoms with Crippen LogP contribution in [0.25, 0.3) is 0 Å². The minimum atomic E-state index is -0.778. The number of hydrogen-bond donors (Lipinski definition) is 2. The Labute approximate surface area is 55.1 Å². The highest BCUT2D eigenvalue weighted by Gasteiger charge is 2.00. The summed E-state index contributed by atoms with van der Waals surface area (Å²) < 4.78 is 0. The van der Waals surface area contributed by atoms with E-state index in [1.165, 1.54) is 0 Å². The van der Waals surface area contributed by atoms with E-state index in [0.717, 1.165) is 6.33 Å². The number of rotatable bonds is 1. The van der Waals surface area contributed by atoms with Crippen molar-refractivity contribution in [3.63, 3.8) is 0 Å². The third kappa shape index (κ3) is 1.16. The lowest BCUT2D eigenvalue weighted by molar-refractivity contribution is 0.0989. The van der Waals surface area contributed by atoms with Gasteiger partial charge in [0.1, 0.15) is 6.33 Å². The first-order valence-corrected chi connectivity index (χ1v) is 2.41. The number of hydrogen-bond acceptors (Lipinski definition) is 4. The van der Waals surface area contributed by atoms with Gasteiger partial charge in [-0.05, 0) is 0 Å². The number of carbonyl (C=O) groups excluding carboxylic acids is 1. The van der Waals surface area contributed by atoms with Crippen LogP contribution in [0.2, 0.25) is 0 Å². The Morgan fingerprint density at radius 2 is 2.30 bits per heavy atom. The van der Waals surface area contributed by atoms with E-state index in [1.54, 1.807) is 0 Å². The van der Waals surface area contributed by atoms with E-state index in [2.05, 4.69) is 15.0 Å². The monoisotopic (exact) mass is 140 g/mol. The zero-order chi connectivity index (χ0) is 7.56. The van der Waals surface area contributed by atoms with Gasteiger partial charge < -0.3 is 5.73 Å². The number of amides is 1. The number of carbonyl (C=O) groups is 1. The van der Waals surface area contributed by atoms with E-state index in [1.807, 2.05) is 0 Å². The van der Waals surface area contributed by atoms with Crippen LogP contribution in [0.1, 0.15) is 10.6 Å². The van der Waals surface area contributed by atoms with Crippen molar-refractivity contribution in [2.24, 2.45) is 5.73 Å². The summed E-state index contributed by atoms with van der Waals surface area (Å²) in [6.45, 7) is 0. The molecule has 0 spiro atoms. The lowest BCUT2D eigenvalue weighted by Crippen LogP contribution is -2.21. The van der Waals surface area contributed by atoms with Gasteiger partial charge in [0.15, 0.2) is 0 Å². The van der Waals surface area contributed by atoms with Crippen LogP contribution in [0.5, 0.6) is 0 Å². The Morgan fingerprint density at radius 3 is 2.70 bits per heavy atom. The molecule has 0 aliphatic carbocycles. The zero-order valence-electron chi connectivity index (χ0n) is 4.87. The molecule has 1 rings (SSSR count). The average molecular weight is 140 g/mol. The minimum Gasteiger partial charge on any atom is -0.363 e. The van der Waals surface area contributed by atoms with E-state index in [0.29, 0.717) is 0 Å². The van der Waals surface area contributed by atoms with Gasteiger partial charge in [-0.2, -0.15) is 4.98 Å². The van der Waals surface area contributed by atoms with Crippen LogP contribution < -0.4 is 11.4 Å². The molecule has 3 N–H and O–H groups in total. The molecule has 0 aromatic carbocycles. The van der Waals surface area contributed by atoms with Crippen LogP contribution in [-0.4, -0.2) is 20.9 Å². The number of nitrogens with zero attached hydrogens (tertiary/aromatic N) is 2. The quantitative estimate of drug-likeness (QED) is 0.483. The largest absolute Gasteiger partial charge is 0.363 e. The van der Waals surface area contributed by atoms with Gasteiger partial charge >= 0.3 is 5.69 Å². The molecule has 1 aromatic rings. The van der Waals surface area contributed by atoms with Gasteiger partial charge in [0, 0.05) is 0 Å². The molecule has 52 valence electrons. The molecular weight excluding hydrogens is 136 g/mol. The van der Waals surface area contributed by atoms with Gasteiger partial charge in [0.2, 0.25) is 5.82 Å². The molecule has 0 fully saturated rings. The molecule has 0 saturated heterocycles. The van der Waals surface area contributed by atoms with Crippen LogP contribution >= 0.6 is 0 Å². The molecule has 0 saturated carbocycles. The molecule has 0 atom stereocenters. The van der Waals surface area contributed by atoms with Gasteiger partial charge in [-0.15, -0.1) is 0 Å². The first-order chi connectivity index (χ1) is 4.70. The number of nitrogens with two attached hydrogens (primary N) is 1. The fourth-order valence-corrected chi connectivity index (χ4v) is 0.430. The molecule has 10 heavy (non-hydrogen) atoms. The molecule has 6 nitrogen and oxygen atoms in total. The topological polar surface area (TPSA) is 102 Å². The Kier molecular flexibility index (Phi) is 1.44. The normalized spacial score (nSPS) is 9.20. The highest BCUT2D eigenvalue weighted by Crippen LogP contribution is 1.75. The Morgan fingerprint density at radius 1 is 1.60 bits per heavy atom. The van der Waals surface area contributed by atoms with Gasteiger partial charge in [0.05, 0.1) is 0 Å². The maximum atomic E-state index is 10.4. The van der Waals surface area contributed by atoms with E-state index < -0.39 is 11.6 Å². The number of aromatic amines is 1. The molecule has 1 aromatic heterocycles. The summed E-state index contributed by atoms with van der Waals surface area (Å²) in [4.78, 5) is 29.3. The highest BCUT2D eigenvalue weighted by molar-refractivity contribution is 5.88. The van der Waals surface area contributed by atoms with E-state index >= 15 is 0 Å². The number of primary amides is 1. The van der Waals surface area contributed by atoms with Gasteiger partial charge in [-0.25, -0.2) is 9.78 Å². The summed E-state index contributed by atoms with van der Waals surface area (Å²) in [7, 11) is 0. The molecule has 0 aliphatic rings. The molecule has 6 heteroatoms. The second-order valence-electron chi connectivity index (χ2n) is 1.52. The maximum Gasteiger partial charge on any atom is 0.348 e. The van der Waals surface area contributed by atoms with Crippen molar-refractivity contribution in [2.45, 2.75) is 0 Å². The molecule has 0 radical (unpaired) electrons. The fraction of sp³-hybridized carbons (Fsp3) is 0. The molecule has 0 bridgehead atoms. The van der Waals surface area contributed by atoms with Crippen molar-refractivity contribution < 1.29 is 4.79 Å². The van der Waals surface area contributed by atoms with Crippen LogP contribution in [-0.2, 0) is 0 Å². The Bertz CT molecular complexity index is 304. The predicted molar refractivity (Wildman–Crippen MR) is 31.2 cm³/mol. The van der Waals surface area contributed by atoms with Crippen molar-refractivity contribution in [1.29, 1.82) is 0 Å². The van der Waals surface area contributed by atoms with Crippen molar-refractivity contribution >= 4 is 5.91 Å². The third-order valence-electron chi connectivity index (χ3n) is 0.821. The summed E-state index contributed by atoms with van der Waals surface area (Å²) in [6, 6.07) is 0. The molecule has 0 unspecified atom stereocenters. The highest BCUT2D eigenvalue weighted by atomic mass is 16.2. The fourth-order valence-electron chi connectivity index (χ4n) is 0.430. The zero-order valence-corrected chi connectivity index (χ0v) is 4.87. The lowest BCUT2D eigenvalue weighted by atomic mass is 10.6. The third-order valence-corrected chi connectivity index (χ3v) is 0.821. The number of aromatic nitrogens is 3. The molecule has 1 amide bonds. The van der Waals surface area contributed by atoms with E-state index in [-0.39, 0.29) is 5.82 Å². The van der Waals surface area contributed by atoms with Crippen molar-refractivity contribution in [2.75, 3.05) is 0 Å². The summed E-state index contributed by atoms with van der Waals surface area (Å²) in [5, 5.41) is 0. The number of H-pyrrole nitrogens is 1. The Balaban J connectivity index is 3.20. The summed E-state index contributed by atoms with van der Waals surface area (Å²) in [5.74, 6) is -0.959. The van der Waals surface area contributed by atoms with E-state index in [4.69, 9.17) is 5.73 Å². The van der Waals surface area contributed by atoms with Gasteiger partial charge in [0.25, 0.3) is 5.91 Å². The lowest BCUT2D eigenvalue weighted by Gasteiger charge is -1.88. The van der Waals surface area contributed by atoms with Crippen molar-refractivity contribution in [3.8, 4) is 0 Å². The van der Waals surface area contributed by atoms with E-state index in [9.17, 15) is 9.59 Å². The van der Waals surface area contributed by atoms with Gasteiger partial charge in [-0.3, -0.25) is 9.78 Å². The van der Waals surface area contributed by atoms with Crippen LogP contribution in [0.4, 0.5) is 0 Å². The first-order valence-electron chi connectivity index (χ1n) is 2.41. The maximum absolute atomic E-state index is 10.4. The minimum absolute atomic E-state index is 0.181. The molecular formula is C4H4N4O2. The molecule has 1 heterocycles. The van der Waals surface area contributed by atoms with Crippen LogP contribution in [0.15, 0.2) is 11.1 Å². The smallest absolute Gasteiger partial charge is 0.348 e. The summed E-state index contributed by atoms with van der Waals surface area (Å²) >= 11 is 0.